The Bertz CT molecular complexity index is 1100. The summed E-state index contributed by atoms with van der Waals surface area (Å²) in [5, 5.41) is 12.7. The third-order valence-corrected chi connectivity index (χ3v) is 5.66. The summed E-state index contributed by atoms with van der Waals surface area (Å²) in [5.41, 5.74) is 2.98. The maximum Gasteiger partial charge on any atom is 0.344 e. The quantitative estimate of drug-likeness (QED) is 0.392. The van der Waals surface area contributed by atoms with Crippen molar-refractivity contribution >= 4 is 23.4 Å². The van der Waals surface area contributed by atoms with Gasteiger partial charge in [0.2, 0.25) is 17.3 Å². The highest BCUT2D eigenvalue weighted by Crippen LogP contribution is 2.41. The number of esters is 1. The van der Waals surface area contributed by atoms with E-state index >= 15 is 0 Å². The van der Waals surface area contributed by atoms with Gasteiger partial charge < -0.3 is 19.5 Å². The molecule has 0 saturated heterocycles. The summed E-state index contributed by atoms with van der Waals surface area (Å²) in [7, 11) is 0. The van der Waals surface area contributed by atoms with Gasteiger partial charge in [-0.25, -0.2) is 4.79 Å². The molecule has 0 bridgehead atoms. The smallest absolute Gasteiger partial charge is 0.344 e. The van der Waals surface area contributed by atoms with Crippen LogP contribution in [0.1, 0.15) is 32.1 Å². The Kier molecular flexibility index (Phi) is 7.06. The van der Waals surface area contributed by atoms with E-state index in [1.807, 2.05) is 42.5 Å². The molecule has 1 aliphatic rings. The summed E-state index contributed by atoms with van der Waals surface area (Å²) in [6.07, 6.45) is 0.390. The zero-order valence-electron chi connectivity index (χ0n) is 17.9. The first-order valence-electron chi connectivity index (χ1n) is 10.5. The molecule has 0 spiro atoms. The van der Waals surface area contributed by atoms with Gasteiger partial charge in [-0.2, -0.15) is 4.98 Å². The first-order valence-corrected chi connectivity index (χ1v) is 11.5. The van der Waals surface area contributed by atoms with Gasteiger partial charge >= 0.3 is 5.97 Å². The normalized spacial score (nSPS) is 14.2. The van der Waals surface area contributed by atoms with Gasteiger partial charge in [-0.05, 0) is 31.5 Å². The van der Waals surface area contributed by atoms with Crippen molar-refractivity contribution < 1.29 is 19.0 Å². The molecule has 0 radical (unpaired) electrons. The first kappa shape index (κ1) is 21.9. The van der Waals surface area contributed by atoms with Gasteiger partial charge in [0.05, 0.1) is 12.2 Å². The van der Waals surface area contributed by atoms with Crippen molar-refractivity contribution in [2.75, 3.05) is 24.3 Å². The molecule has 166 valence electrons. The SMILES string of the molecule is CCCSc1nnc2c(n1)O[C@H](c1ccccc1OCC(=O)OCC)Nc1ccccc1-2. The van der Waals surface area contributed by atoms with Crippen molar-refractivity contribution in [3.05, 3.63) is 54.1 Å². The predicted molar refractivity (Wildman–Crippen MR) is 122 cm³/mol. The average molecular weight is 453 g/mol. The van der Waals surface area contributed by atoms with Crippen molar-refractivity contribution in [2.45, 2.75) is 31.7 Å². The molecule has 1 aliphatic heterocycles. The fraction of sp³-hybridized carbons (Fsp3) is 0.304. The Hall–Kier alpha value is -3.33. The Morgan fingerprint density at radius 1 is 1.12 bits per heavy atom. The van der Waals surface area contributed by atoms with Gasteiger partial charge in [-0.3, -0.25) is 0 Å². The third kappa shape index (κ3) is 4.94. The second-order valence-corrected chi connectivity index (χ2v) is 7.98. The molecule has 8 nitrogen and oxygen atoms in total. The molecule has 0 amide bonds. The second kappa shape index (κ2) is 10.3. The number of anilines is 1. The lowest BCUT2D eigenvalue weighted by molar-refractivity contribution is -0.145. The lowest BCUT2D eigenvalue weighted by atomic mass is 10.1. The molecule has 0 unspecified atom stereocenters. The number of aromatic nitrogens is 3. The number of benzene rings is 2. The van der Waals surface area contributed by atoms with Crippen LogP contribution in [0.3, 0.4) is 0 Å². The largest absolute Gasteiger partial charge is 0.481 e. The molecular weight excluding hydrogens is 428 g/mol. The summed E-state index contributed by atoms with van der Waals surface area (Å²) in [4.78, 5) is 16.4. The van der Waals surface area contributed by atoms with Gasteiger partial charge in [0.15, 0.2) is 12.3 Å². The molecule has 2 aromatic carbocycles. The molecule has 1 atom stereocenters. The van der Waals surface area contributed by atoms with Crippen molar-refractivity contribution in [3.8, 4) is 22.9 Å². The van der Waals surface area contributed by atoms with E-state index in [-0.39, 0.29) is 6.61 Å². The molecular formula is C23H24N4O4S. The van der Waals surface area contributed by atoms with Crippen LogP contribution >= 0.6 is 11.8 Å². The molecule has 32 heavy (non-hydrogen) atoms. The summed E-state index contributed by atoms with van der Waals surface area (Å²) in [5.74, 6) is 1.37. The summed E-state index contributed by atoms with van der Waals surface area (Å²) in [6.45, 7) is 3.97. The van der Waals surface area contributed by atoms with Gasteiger partial charge in [0, 0.05) is 17.0 Å². The Labute approximate surface area is 190 Å². The summed E-state index contributed by atoms with van der Waals surface area (Å²) >= 11 is 1.54. The van der Waals surface area contributed by atoms with Crippen LogP contribution in [0.2, 0.25) is 0 Å². The zero-order chi connectivity index (χ0) is 22.3. The number of fused-ring (bicyclic) bond motifs is 3. The number of para-hydroxylation sites is 2. The highest BCUT2D eigenvalue weighted by Gasteiger charge is 2.28. The number of nitrogens with zero attached hydrogens (tertiary/aromatic N) is 3. The van der Waals surface area contributed by atoms with Crippen molar-refractivity contribution in [1.82, 2.24) is 15.2 Å². The molecule has 2 heterocycles. The fourth-order valence-corrected chi connectivity index (χ4v) is 3.84. The lowest BCUT2D eigenvalue weighted by Crippen LogP contribution is -2.20. The van der Waals surface area contributed by atoms with E-state index in [2.05, 4.69) is 27.4 Å². The van der Waals surface area contributed by atoms with E-state index in [1.165, 1.54) is 11.8 Å². The number of hydrogen-bond acceptors (Lipinski definition) is 9. The maximum absolute atomic E-state index is 11.8. The van der Waals surface area contributed by atoms with E-state index in [4.69, 9.17) is 14.2 Å². The van der Waals surface area contributed by atoms with Gasteiger partial charge in [-0.1, -0.05) is 49.0 Å². The van der Waals surface area contributed by atoms with Gasteiger partial charge in [0.25, 0.3) is 0 Å². The van der Waals surface area contributed by atoms with Crippen LogP contribution in [-0.2, 0) is 9.53 Å². The number of nitrogens with one attached hydrogen (secondary N) is 1. The average Bonchev–Trinajstić information content (AvgIpc) is 2.98. The molecule has 0 fully saturated rings. The molecule has 4 rings (SSSR count). The number of hydrogen-bond donors (Lipinski definition) is 1. The zero-order valence-corrected chi connectivity index (χ0v) is 18.7. The highest BCUT2D eigenvalue weighted by molar-refractivity contribution is 7.99. The van der Waals surface area contributed by atoms with Crippen LogP contribution in [-0.4, -0.2) is 40.1 Å². The third-order valence-electron chi connectivity index (χ3n) is 4.62. The molecule has 0 saturated carbocycles. The molecule has 0 aliphatic carbocycles. The molecule has 9 heteroatoms. The fourth-order valence-electron chi connectivity index (χ4n) is 3.21. The molecule has 3 aromatic rings. The summed E-state index contributed by atoms with van der Waals surface area (Å²) < 4.78 is 17.0. The topological polar surface area (TPSA) is 95.5 Å². The number of carbonyl (C=O) groups excluding carboxylic acids is 1. The Morgan fingerprint density at radius 2 is 1.94 bits per heavy atom. The minimum atomic E-state index is -0.614. The van der Waals surface area contributed by atoms with E-state index < -0.39 is 12.2 Å². The van der Waals surface area contributed by atoms with Crippen molar-refractivity contribution in [2.24, 2.45) is 0 Å². The van der Waals surface area contributed by atoms with E-state index in [1.54, 1.807) is 13.0 Å². The number of thioether (sulfide) groups is 1. The van der Waals surface area contributed by atoms with E-state index in [0.29, 0.717) is 29.1 Å². The first-order chi connectivity index (χ1) is 15.7. The molecule has 1 aromatic heterocycles. The van der Waals surface area contributed by atoms with Gasteiger partial charge in [0.1, 0.15) is 5.75 Å². The minimum absolute atomic E-state index is 0.188. The van der Waals surface area contributed by atoms with Crippen LogP contribution in [0.25, 0.3) is 11.3 Å². The summed E-state index contributed by atoms with van der Waals surface area (Å²) in [6, 6.07) is 15.2. The maximum atomic E-state index is 11.8. The predicted octanol–water partition coefficient (Wildman–Crippen LogP) is 4.49. The monoisotopic (exact) mass is 452 g/mol. The Balaban J connectivity index is 1.69. The second-order valence-electron chi connectivity index (χ2n) is 6.92. The van der Waals surface area contributed by atoms with E-state index in [9.17, 15) is 4.79 Å². The lowest BCUT2D eigenvalue weighted by Gasteiger charge is -2.21. The van der Waals surface area contributed by atoms with Crippen LogP contribution in [0.4, 0.5) is 5.69 Å². The van der Waals surface area contributed by atoms with Crippen molar-refractivity contribution in [1.29, 1.82) is 0 Å². The van der Waals surface area contributed by atoms with Gasteiger partial charge in [-0.15, -0.1) is 10.2 Å². The van der Waals surface area contributed by atoms with Crippen LogP contribution in [0.5, 0.6) is 11.6 Å². The standard InChI is InChI=1S/C23H24N4O4S/c1-3-13-32-23-25-22-20(26-27-23)15-9-5-7-11-17(15)24-21(31-22)16-10-6-8-12-18(16)30-14-19(28)29-4-2/h5-12,21,24H,3-4,13-14H2,1-2H3/t21-/m1/s1. The minimum Gasteiger partial charge on any atom is -0.481 e. The Morgan fingerprint density at radius 3 is 2.78 bits per heavy atom. The van der Waals surface area contributed by atoms with Crippen LogP contribution in [0, 0.1) is 0 Å². The highest BCUT2D eigenvalue weighted by atomic mass is 32.2. The van der Waals surface area contributed by atoms with Crippen LogP contribution in [0.15, 0.2) is 53.7 Å². The molecule has 1 N–H and O–H groups in total. The number of ether oxygens (including phenoxy) is 3. The van der Waals surface area contributed by atoms with Crippen LogP contribution < -0.4 is 14.8 Å². The number of carbonyl (C=O) groups is 1. The number of rotatable bonds is 8. The van der Waals surface area contributed by atoms with Crippen molar-refractivity contribution in [3.63, 3.8) is 0 Å². The van der Waals surface area contributed by atoms with E-state index in [0.717, 1.165) is 29.0 Å².